The minimum atomic E-state index is -1.33. The average Bonchev–Trinajstić information content (AvgIpc) is 3.43. The molecule has 39 heavy (non-hydrogen) atoms. The number of hydrogen-bond acceptors (Lipinski definition) is 6. The third-order valence-corrected chi connectivity index (χ3v) is 8.37. The summed E-state index contributed by atoms with van der Waals surface area (Å²) in [7, 11) is 1.59. The summed E-state index contributed by atoms with van der Waals surface area (Å²) in [6, 6.07) is 6.80. The van der Waals surface area contributed by atoms with Crippen molar-refractivity contribution < 1.29 is 29.0 Å². The molecule has 2 N–H and O–H groups in total. The van der Waals surface area contributed by atoms with Crippen LogP contribution in [0, 0.1) is 17.8 Å². The molecular formula is C30H37N3O6. The highest BCUT2D eigenvalue weighted by atomic mass is 16.5. The summed E-state index contributed by atoms with van der Waals surface area (Å²) >= 11 is 0. The van der Waals surface area contributed by atoms with E-state index in [4.69, 9.17) is 9.47 Å². The number of hydrogen-bond donors (Lipinski definition) is 2. The molecule has 0 radical (unpaired) electrons. The number of pyridine rings is 1. The number of benzene rings is 1. The maximum Gasteiger partial charge on any atom is 0.330 e. The third-order valence-electron chi connectivity index (χ3n) is 8.37. The molecule has 2 aromatic rings. The van der Waals surface area contributed by atoms with Crippen LogP contribution in [0.4, 0.5) is 0 Å². The van der Waals surface area contributed by atoms with E-state index in [0.29, 0.717) is 30.4 Å². The predicted molar refractivity (Wildman–Crippen MR) is 145 cm³/mol. The van der Waals surface area contributed by atoms with Crippen molar-refractivity contribution >= 4 is 28.6 Å². The largest absolute Gasteiger partial charge is 0.494 e. The van der Waals surface area contributed by atoms with Gasteiger partial charge in [-0.15, -0.1) is 0 Å². The van der Waals surface area contributed by atoms with Crippen molar-refractivity contribution in [1.29, 1.82) is 0 Å². The summed E-state index contributed by atoms with van der Waals surface area (Å²) in [5.74, 6) is -0.234. The van der Waals surface area contributed by atoms with Crippen LogP contribution in [0.3, 0.4) is 0 Å². The van der Waals surface area contributed by atoms with Gasteiger partial charge in [-0.2, -0.15) is 0 Å². The molecule has 3 aliphatic rings. The summed E-state index contributed by atoms with van der Waals surface area (Å²) in [6.45, 7) is 4.49. The lowest BCUT2D eigenvalue weighted by Crippen LogP contribution is -2.53. The summed E-state index contributed by atoms with van der Waals surface area (Å²) in [5, 5.41) is 14.4. The van der Waals surface area contributed by atoms with E-state index in [1.165, 1.54) is 0 Å². The quantitative estimate of drug-likeness (QED) is 0.569. The van der Waals surface area contributed by atoms with E-state index in [1.54, 1.807) is 18.2 Å². The van der Waals surface area contributed by atoms with Gasteiger partial charge < -0.3 is 24.8 Å². The van der Waals surface area contributed by atoms with Crippen LogP contribution in [0.5, 0.6) is 11.6 Å². The summed E-state index contributed by atoms with van der Waals surface area (Å²) in [6.07, 6.45) is 8.74. The number of nitrogens with one attached hydrogen (secondary N) is 1. The normalized spacial score (nSPS) is 31.5. The maximum absolute atomic E-state index is 13.6. The van der Waals surface area contributed by atoms with Gasteiger partial charge in [0, 0.05) is 29.5 Å². The average molecular weight is 536 g/mol. The van der Waals surface area contributed by atoms with Gasteiger partial charge in [0.25, 0.3) is 0 Å². The van der Waals surface area contributed by atoms with Crippen LogP contribution in [-0.4, -0.2) is 64.1 Å². The Hall–Kier alpha value is -3.62. The number of nitrogens with zero attached hydrogens (tertiary/aromatic N) is 2. The van der Waals surface area contributed by atoms with Crippen LogP contribution in [0.25, 0.3) is 10.8 Å². The number of ether oxygens (including phenoxy) is 2. The number of aromatic nitrogens is 1. The van der Waals surface area contributed by atoms with Gasteiger partial charge in [0.2, 0.25) is 17.7 Å². The van der Waals surface area contributed by atoms with Crippen LogP contribution in [0.2, 0.25) is 0 Å². The SMILES string of the molecule is COc1cnc(OC2CC3C(=O)NC4(C(=O)O)CC4C=CCCC(C)CC(C)CC(=O)N3C2)c2ccccc12. The maximum atomic E-state index is 13.6. The van der Waals surface area contributed by atoms with Gasteiger partial charge in [0.05, 0.1) is 19.9 Å². The first kappa shape index (κ1) is 27.0. The fraction of sp³-hybridized carbons (Fsp3) is 0.533. The Morgan fingerprint density at radius 2 is 1.92 bits per heavy atom. The first-order valence-corrected chi connectivity index (χ1v) is 13.8. The lowest BCUT2D eigenvalue weighted by molar-refractivity contribution is -0.145. The van der Waals surface area contributed by atoms with E-state index < -0.39 is 29.6 Å². The van der Waals surface area contributed by atoms with Crippen molar-refractivity contribution in [2.75, 3.05) is 13.7 Å². The first-order valence-electron chi connectivity index (χ1n) is 13.8. The second-order valence-corrected chi connectivity index (χ2v) is 11.4. The van der Waals surface area contributed by atoms with E-state index in [2.05, 4.69) is 24.1 Å². The molecule has 208 valence electrons. The van der Waals surface area contributed by atoms with Gasteiger partial charge in [-0.1, -0.05) is 44.2 Å². The van der Waals surface area contributed by atoms with E-state index >= 15 is 0 Å². The molecule has 3 heterocycles. The Balaban J connectivity index is 1.42. The lowest BCUT2D eigenvalue weighted by atomic mass is 9.91. The van der Waals surface area contributed by atoms with Crippen LogP contribution >= 0.6 is 0 Å². The first-order chi connectivity index (χ1) is 18.7. The van der Waals surface area contributed by atoms with E-state index in [1.807, 2.05) is 36.4 Å². The number of amides is 2. The van der Waals surface area contributed by atoms with Crippen molar-refractivity contribution in [2.24, 2.45) is 17.8 Å². The Labute approximate surface area is 228 Å². The van der Waals surface area contributed by atoms with Crippen LogP contribution in [0.1, 0.15) is 52.4 Å². The van der Waals surface area contributed by atoms with Crippen molar-refractivity contribution in [2.45, 2.75) is 70.1 Å². The summed E-state index contributed by atoms with van der Waals surface area (Å²) in [5.41, 5.74) is -1.33. The van der Waals surface area contributed by atoms with Gasteiger partial charge in [-0.3, -0.25) is 9.59 Å². The molecule has 1 aromatic heterocycles. The molecule has 6 atom stereocenters. The van der Waals surface area contributed by atoms with Crippen LogP contribution in [0.15, 0.2) is 42.6 Å². The molecule has 2 aliphatic heterocycles. The lowest BCUT2D eigenvalue weighted by Gasteiger charge is -2.27. The molecule has 2 fully saturated rings. The number of allylic oxidation sites excluding steroid dienone is 1. The molecule has 0 spiro atoms. The number of rotatable bonds is 4. The highest BCUT2D eigenvalue weighted by Gasteiger charge is 2.61. The Morgan fingerprint density at radius 3 is 2.67 bits per heavy atom. The molecule has 0 bridgehead atoms. The predicted octanol–water partition coefficient (Wildman–Crippen LogP) is 3.95. The number of carbonyl (C=O) groups excluding carboxylic acids is 2. The smallest absolute Gasteiger partial charge is 0.330 e. The molecule has 6 unspecified atom stereocenters. The van der Waals surface area contributed by atoms with Crippen molar-refractivity contribution in [1.82, 2.24) is 15.2 Å². The molecule has 1 saturated heterocycles. The van der Waals surface area contributed by atoms with Crippen molar-refractivity contribution in [3.63, 3.8) is 0 Å². The number of carboxylic acid groups (broad SMARTS) is 1. The monoisotopic (exact) mass is 535 g/mol. The van der Waals surface area contributed by atoms with Gasteiger partial charge in [0.15, 0.2) is 0 Å². The molecule has 1 saturated carbocycles. The minimum absolute atomic E-state index is 0.113. The van der Waals surface area contributed by atoms with Crippen LogP contribution in [-0.2, 0) is 14.4 Å². The highest BCUT2D eigenvalue weighted by Crippen LogP contribution is 2.45. The number of fused-ring (bicyclic) bond motifs is 3. The van der Waals surface area contributed by atoms with Gasteiger partial charge >= 0.3 is 5.97 Å². The van der Waals surface area contributed by atoms with Gasteiger partial charge in [-0.25, -0.2) is 9.78 Å². The topological polar surface area (TPSA) is 118 Å². The minimum Gasteiger partial charge on any atom is -0.494 e. The molecule has 2 amide bonds. The molecule has 9 heteroatoms. The zero-order valence-corrected chi connectivity index (χ0v) is 22.8. The van der Waals surface area contributed by atoms with E-state index in [0.717, 1.165) is 30.0 Å². The molecule has 9 nitrogen and oxygen atoms in total. The van der Waals surface area contributed by atoms with Crippen molar-refractivity contribution in [3.05, 3.63) is 42.6 Å². The molecular weight excluding hydrogens is 498 g/mol. The van der Waals surface area contributed by atoms with Gasteiger partial charge in [-0.05, 0) is 43.6 Å². The second-order valence-electron chi connectivity index (χ2n) is 11.4. The highest BCUT2D eigenvalue weighted by molar-refractivity contribution is 5.95. The van der Waals surface area contributed by atoms with Crippen molar-refractivity contribution in [3.8, 4) is 11.6 Å². The Kier molecular flexibility index (Phi) is 7.51. The zero-order valence-electron chi connectivity index (χ0n) is 22.8. The molecule has 1 aromatic carbocycles. The Morgan fingerprint density at radius 1 is 1.15 bits per heavy atom. The van der Waals surface area contributed by atoms with E-state index in [9.17, 15) is 19.5 Å². The fourth-order valence-corrected chi connectivity index (χ4v) is 6.17. The molecule has 1 aliphatic carbocycles. The number of carbonyl (C=O) groups is 3. The van der Waals surface area contributed by atoms with Crippen LogP contribution < -0.4 is 14.8 Å². The number of carboxylic acids is 1. The fourth-order valence-electron chi connectivity index (χ4n) is 6.17. The second kappa shape index (κ2) is 10.9. The number of aliphatic carboxylic acids is 1. The van der Waals surface area contributed by atoms with E-state index in [-0.39, 0.29) is 30.7 Å². The zero-order chi connectivity index (χ0) is 27.7. The Bertz CT molecular complexity index is 1290. The number of methoxy groups -OCH3 is 1. The standard InChI is InChI=1S/C30H37N3O6/c1-18-8-4-5-9-20-15-30(20,29(36)37)32-27(35)24-14-21(17-33(24)26(34)13-19(2)12-18)39-28-23-11-7-6-10-22(23)25(38-3)16-31-28/h5-7,9-11,16,18-21,24H,4,8,12-15,17H2,1-3H3,(H,32,35)(H,36,37). The molecule has 5 rings (SSSR count). The summed E-state index contributed by atoms with van der Waals surface area (Å²) < 4.78 is 11.8. The van der Waals surface area contributed by atoms with Gasteiger partial charge in [0.1, 0.15) is 23.4 Å². The third kappa shape index (κ3) is 5.44. The summed E-state index contributed by atoms with van der Waals surface area (Å²) in [4.78, 5) is 45.4.